The van der Waals surface area contributed by atoms with E-state index in [2.05, 4.69) is 39.0 Å². The van der Waals surface area contributed by atoms with E-state index in [1.807, 2.05) is 0 Å². The molecule has 0 saturated heterocycles. The molecule has 0 saturated carbocycles. The van der Waals surface area contributed by atoms with Gasteiger partial charge in [0.2, 0.25) is 0 Å². The summed E-state index contributed by atoms with van der Waals surface area (Å²) in [7, 11) is 0. The highest BCUT2D eigenvalue weighted by Crippen LogP contribution is 2.28. The Labute approximate surface area is 123 Å². The zero-order chi connectivity index (χ0) is 14.4. The third-order valence-corrected chi connectivity index (χ3v) is 4.14. The molecule has 0 amide bonds. The van der Waals surface area contributed by atoms with E-state index in [1.165, 1.54) is 37.7 Å². The van der Waals surface area contributed by atoms with Crippen LogP contribution in [0.2, 0.25) is 0 Å². The molecule has 0 radical (unpaired) electrons. The highest BCUT2D eigenvalue weighted by molar-refractivity contribution is 5.38. The monoisotopic (exact) mass is 276 g/mol. The van der Waals surface area contributed by atoms with E-state index in [4.69, 9.17) is 9.78 Å². The van der Waals surface area contributed by atoms with Gasteiger partial charge in [-0.15, -0.1) is 0 Å². The van der Waals surface area contributed by atoms with E-state index in [0.717, 1.165) is 29.6 Å². The van der Waals surface area contributed by atoms with Crippen LogP contribution in [-0.2, 0) is 17.9 Å². The second-order valence-corrected chi connectivity index (χ2v) is 6.61. The van der Waals surface area contributed by atoms with Gasteiger partial charge in [-0.05, 0) is 36.3 Å². The lowest BCUT2D eigenvalue weighted by Crippen LogP contribution is -1.98. The predicted molar refractivity (Wildman–Crippen MR) is 82.7 cm³/mol. The molecule has 2 rings (SSSR count). The van der Waals surface area contributed by atoms with Crippen LogP contribution in [0.25, 0.3) is 0 Å². The quantitative estimate of drug-likeness (QED) is 0.600. The van der Waals surface area contributed by atoms with E-state index < -0.39 is 0 Å². The summed E-state index contributed by atoms with van der Waals surface area (Å²) in [6.07, 6.45) is 7.86. The van der Waals surface area contributed by atoms with Crippen molar-refractivity contribution in [2.45, 2.75) is 65.9 Å². The Balaban J connectivity index is 1.65. The van der Waals surface area contributed by atoms with Crippen molar-refractivity contribution < 1.29 is 9.78 Å². The number of hydrogen-bond donors (Lipinski definition) is 0. The van der Waals surface area contributed by atoms with Crippen molar-refractivity contribution in [3.05, 3.63) is 29.3 Å². The molecule has 0 N–H and O–H groups in total. The van der Waals surface area contributed by atoms with Gasteiger partial charge in [0.05, 0.1) is 0 Å². The van der Waals surface area contributed by atoms with Gasteiger partial charge in [0.25, 0.3) is 0 Å². The minimum Gasteiger partial charge on any atom is -0.337 e. The van der Waals surface area contributed by atoms with Gasteiger partial charge in [0.15, 0.2) is 5.75 Å². The summed E-state index contributed by atoms with van der Waals surface area (Å²) in [5.41, 5.74) is 2.53. The summed E-state index contributed by atoms with van der Waals surface area (Å²) < 4.78 is 0. The van der Waals surface area contributed by atoms with E-state index in [-0.39, 0.29) is 0 Å². The standard InChI is InChI=1S/C18H28O2/c1-14(2)6-4-7-15(3)8-5-9-16-10-11-17-13-19-20-18(17)12-16/h10-12,14-15H,4-9,13H2,1-3H3. The Morgan fingerprint density at radius 2 is 1.85 bits per heavy atom. The topological polar surface area (TPSA) is 18.5 Å². The molecule has 0 spiro atoms. The highest BCUT2D eigenvalue weighted by atomic mass is 17.2. The molecule has 20 heavy (non-hydrogen) atoms. The van der Waals surface area contributed by atoms with Gasteiger partial charge in [0.1, 0.15) is 6.61 Å². The van der Waals surface area contributed by atoms with Crippen molar-refractivity contribution in [1.29, 1.82) is 0 Å². The van der Waals surface area contributed by atoms with Crippen molar-refractivity contribution in [2.75, 3.05) is 0 Å². The fourth-order valence-corrected chi connectivity index (χ4v) is 2.78. The van der Waals surface area contributed by atoms with Crippen molar-refractivity contribution in [1.82, 2.24) is 0 Å². The zero-order valence-electron chi connectivity index (χ0n) is 13.2. The van der Waals surface area contributed by atoms with Crippen LogP contribution >= 0.6 is 0 Å². The van der Waals surface area contributed by atoms with Crippen LogP contribution in [0.15, 0.2) is 18.2 Å². The number of hydrogen-bond acceptors (Lipinski definition) is 2. The van der Waals surface area contributed by atoms with Gasteiger partial charge in [-0.25, -0.2) is 0 Å². The SMILES string of the molecule is CC(C)CCCC(C)CCCc1ccc2c(c1)OOC2. The molecule has 0 aromatic heterocycles. The molecule has 1 aliphatic rings. The third kappa shape index (κ3) is 4.82. The van der Waals surface area contributed by atoms with Crippen molar-refractivity contribution in [3.63, 3.8) is 0 Å². The number of benzene rings is 1. The molecule has 0 fully saturated rings. The summed E-state index contributed by atoms with van der Waals surface area (Å²) in [5.74, 6) is 2.60. The maximum atomic E-state index is 5.14. The van der Waals surface area contributed by atoms with Crippen LogP contribution in [0, 0.1) is 11.8 Å². The molecule has 1 unspecified atom stereocenters. The molecular weight excluding hydrogens is 248 g/mol. The summed E-state index contributed by atoms with van der Waals surface area (Å²) >= 11 is 0. The van der Waals surface area contributed by atoms with Crippen molar-refractivity contribution in [2.24, 2.45) is 11.8 Å². The normalized spacial score (nSPS) is 15.2. The van der Waals surface area contributed by atoms with Gasteiger partial charge >= 0.3 is 0 Å². The molecular formula is C18H28O2. The first-order valence-corrected chi connectivity index (χ1v) is 8.06. The largest absolute Gasteiger partial charge is 0.337 e. The second kappa shape index (κ2) is 7.68. The van der Waals surface area contributed by atoms with Crippen LogP contribution in [-0.4, -0.2) is 0 Å². The molecule has 2 nitrogen and oxygen atoms in total. The van der Waals surface area contributed by atoms with Gasteiger partial charge in [-0.2, -0.15) is 4.89 Å². The summed E-state index contributed by atoms with van der Waals surface area (Å²) in [5, 5.41) is 0. The Kier molecular flexibility index (Phi) is 5.90. The summed E-state index contributed by atoms with van der Waals surface area (Å²) in [4.78, 5) is 10.1. The Hall–Kier alpha value is -1.02. The first-order valence-electron chi connectivity index (χ1n) is 8.06. The predicted octanol–water partition coefficient (Wildman–Crippen LogP) is 5.30. The average molecular weight is 276 g/mol. The van der Waals surface area contributed by atoms with Crippen LogP contribution in [0.3, 0.4) is 0 Å². The Morgan fingerprint density at radius 1 is 1.05 bits per heavy atom. The maximum Gasteiger partial charge on any atom is 0.171 e. The summed E-state index contributed by atoms with van der Waals surface area (Å²) in [6.45, 7) is 7.59. The first kappa shape index (κ1) is 15.4. The molecule has 1 aromatic rings. The minimum atomic E-state index is 0.586. The lowest BCUT2D eigenvalue weighted by Gasteiger charge is -2.12. The zero-order valence-corrected chi connectivity index (χ0v) is 13.2. The lowest BCUT2D eigenvalue weighted by molar-refractivity contribution is -0.194. The fraction of sp³-hybridized carbons (Fsp3) is 0.667. The van der Waals surface area contributed by atoms with Gasteiger partial charge < -0.3 is 4.89 Å². The van der Waals surface area contributed by atoms with E-state index in [9.17, 15) is 0 Å². The van der Waals surface area contributed by atoms with Crippen LogP contribution in [0.1, 0.15) is 64.0 Å². The third-order valence-electron chi connectivity index (χ3n) is 4.14. The maximum absolute atomic E-state index is 5.14. The summed E-state index contributed by atoms with van der Waals surface area (Å²) in [6, 6.07) is 6.47. The lowest BCUT2D eigenvalue weighted by atomic mass is 9.94. The number of aryl methyl sites for hydroxylation is 1. The fourth-order valence-electron chi connectivity index (χ4n) is 2.78. The molecule has 0 aliphatic carbocycles. The van der Waals surface area contributed by atoms with E-state index in [1.54, 1.807) is 0 Å². The number of rotatable bonds is 8. The molecule has 2 heteroatoms. The molecule has 112 valence electrons. The minimum absolute atomic E-state index is 0.586. The van der Waals surface area contributed by atoms with Crippen molar-refractivity contribution in [3.8, 4) is 5.75 Å². The highest BCUT2D eigenvalue weighted by Gasteiger charge is 2.13. The van der Waals surface area contributed by atoms with Gasteiger partial charge in [-0.3, -0.25) is 0 Å². The van der Waals surface area contributed by atoms with Crippen LogP contribution in [0.5, 0.6) is 5.75 Å². The molecule has 1 atom stereocenters. The van der Waals surface area contributed by atoms with Gasteiger partial charge in [0, 0.05) is 5.56 Å². The molecule has 1 aliphatic heterocycles. The van der Waals surface area contributed by atoms with Crippen LogP contribution in [0.4, 0.5) is 0 Å². The molecule has 1 heterocycles. The second-order valence-electron chi connectivity index (χ2n) is 6.61. The Bertz CT molecular complexity index is 412. The molecule has 1 aromatic carbocycles. The Morgan fingerprint density at radius 3 is 2.65 bits per heavy atom. The van der Waals surface area contributed by atoms with E-state index >= 15 is 0 Å². The van der Waals surface area contributed by atoms with Gasteiger partial charge in [-0.1, -0.05) is 58.6 Å². The number of fused-ring (bicyclic) bond motifs is 1. The van der Waals surface area contributed by atoms with Crippen LogP contribution < -0.4 is 4.89 Å². The average Bonchev–Trinajstić information content (AvgIpc) is 2.85. The first-order chi connectivity index (χ1) is 9.65. The van der Waals surface area contributed by atoms with E-state index in [0.29, 0.717) is 6.61 Å². The van der Waals surface area contributed by atoms with Crippen molar-refractivity contribution >= 4 is 0 Å². The smallest absolute Gasteiger partial charge is 0.171 e. The molecule has 0 bridgehead atoms.